The van der Waals surface area contributed by atoms with Crippen molar-refractivity contribution in [3.8, 4) is 0 Å². The maximum atomic E-state index is 11.8. The Morgan fingerprint density at radius 2 is 2.13 bits per heavy atom. The summed E-state index contributed by atoms with van der Waals surface area (Å²) in [6, 6.07) is 3.10. The summed E-state index contributed by atoms with van der Waals surface area (Å²) in [5.41, 5.74) is 6.26. The number of carbonyl (C=O) groups is 1. The average molecular weight is 219 g/mol. The number of Topliss-reactive ketones (excluding diaryl/α,β-unsaturated/α-hetero) is 1. The predicted octanol–water partition coefficient (Wildman–Crippen LogP) is 1.42. The molecule has 2 N–H and O–H groups in total. The zero-order valence-electron chi connectivity index (χ0n) is 7.83. The predicted molar refractivity (Wildman–Crippen MR) is 57.6 cm³/mol. The number of ketones is 1. The largest absolute Gasteiger partial charge is 0.317 e. The van der Waals surface area contributed by atoms with Gasteiger partial charge in [-0.3, -0.25) is 4.79 Å². The van der Waals surface area contributed by atoms with Gasteiger partial charge in [0.25, 0.3) is 0 Å². The van der Waals surface area contributed by atoms with Crippen LogP contribution < -0.4 is 5.73 Å². The number of aromatic nitrogens is 2. The van der Waals surface area contributed by atoms with E-state index in [1.54, 1.807) is 0 Å². The maximum absolute atomic E-state index is 11.8. The summed E-state index contributed by atoms with van der Waals surface area (Å²) in [4.78, 5) is 20.3. The molecule has 0 radical (unpaired) electrons. The van der Waals surface area contributed by atoms with Crippen molar-refractivity contribution in [2.75, 3.05) is 0 Å². The summed E-state index contributed by atoms with van der Waals surface area (Å²) in [6.45, 7) is 0. The van der Waals surface area contributed by atoms with Crippen LogP contribution in [0.5, 0.6) is 0 Å². The molecule has 0 aliphatic carbocycles. The first-order chi connectivity index (χ1) is 7.29. The van der Waals surface area contributed by atoms with Gasteiger partial charge in [-0.25, -0.2) is 9.97 Å². The van der Waals surface area contributed by atoms with Crippen LogP contribution in [-0.2, 0) is 0 Å². The van der Waals surface area contributed by atoms with Gasteiger partial charge in [0.1, 0.15) is 12.4 Å². The summed E-state index contributed by atoms with van der Waals surface area (Å²) in [7, 11) is 0. The van der Waals surface area contributed by atoms with E-state index in [-0.39, 0.29) is 5.78 Å². The van der Waals surface area contributed by atoms with Crippen molar-refractivity contribution in [3.05, 3.63) is 46.7 Å². The number of rotatable bonds is 3. The second-order valence-electron chi connectivity index (χ2n) is 2.98. The van der Waals surface area contributed by atoms with Crippen LogP contribution in [0.1, 0.15) is 21.3 Å². The van der Waals surface area contributed by atoms with E-state index in [2.05, 4.69) is 9.97 Å². The Hall–Kier alpha value is -1.59. The molecule has 0 saturated heterocycles. The number of hydrogen-bond acceptors (Lipinski definition) is 5. The third kappa shape index (κ3) is 2.08. The molecule has 5 heteroatoms. The fourth-order valence-corrected chi connectivity index (χ4v) is 1.93. The first-order valence-corrected chi connectivity index (χ1v) is 5.25. The van der Waals surface area contributed by atoms with Crippen molar-refractivity contribution in [1.82, 2.24) is 9.97 Å². The minimum Gasteiger partial charge on any atom is -0.317 e. The fraction of sp³-hybridized carbons (Fsp3) is 0.100. The highest BCUT2D eigenvalue weighted by Gasteiger charge is 2.18. The summed E-state index contributed by atoms with van der Waals surface area (Å²) in [6.07, 6.45) is 4.33. The van der Waals surface area contributed by atoms with E-state index in [0.717, 1.165) is 4.88 Å². The average Bonchev–Trinajstić information content (AvgIpc) is 2.82. The minimum absolute atomic E-state index is 0.155. The van der Waals surface area contributed by atoms with Crippen molar-refractivity contribution in [2.45, 2.75) is 6.04 Å². The molecule has 0 spiro atoms. The molecule has 76 valence electrons. The van der Waals surface area contributed by atoms with Crippen molar-refractivity contribution in [3.63, 3.8) is 0 Å². The van der Waals surface area contributed by atoms with Crippen LogP contribution in [0.25, 0.3) is 0 Å². The normalized spacial score (nSPS) is 12.3. The Morgan fingerprint density at radius 1 is 1.40 bits per heavy atom. The summed E-state index contributed by atoms with van der Waals surface area (Å²) < 4.78 is 0. The van der Waals surface area contributed by atoms with Crippen LogP contribution >= 0.6 is 11.3 Å². The van der Waals surface area contributed by atoms with Crippen molar-refractivity contribution >= 4 is 17.1 Å². The standard InChI is InChI=1S/C10H9N3OS/c11-9(8-2-1-3-15-8)10(14)7-4-12-6-13-5-7/h1-6,9H,11H2. The number of carbonyl (C=O) groups excluding carboxylic acids is 1. The summed E-state index contributed by atoms with van der Waals surface area (Å²) in [5.74, 6) is -0.155. The number of thiophene rings is 1. The Bertz CT molecular complexity index is 441. The molecule has 0 aliphatic heterocycles. The van der Waals surface area contributed by atoms with Gasteiger partial charge >= 0.3 is 0 Å². The number of nitrogens with two attached hydrogens (primary N) is 1. The Balaban J connectivity index is 2.23. The van der Waals surface area contributed by atoms with Crippen molar-refractivity contribution < 1.29 is 4.79 Å². The highest BCUT2D eigenvalue weighted by atomic mass is 32.1. The zero-order valence-corrected chi connectivity index (χ0v) is 8.65. The molecule has 2 aromatic heterocycles. The topological polar surface area (TPSA) is 68.9 Å². The van der Waals surface area contributed by atoms with Crippen LogP contribution in [0.15, 0.2) is 36.2 Å². The van der Waals surface area contributed by atoms with Crippen LogP contribution in [0.2, 0.25) is 0 Å². The summed E-state index contributed by atoms with van der Waals surface area (Å²) in [5, 5.41) is 1.89. The molecule has 2 rings (SSSR count). The Kier molecular flexibility index (Phi) is 2.84. The quantitative estimate of drug-likeness (QED) is 0.793. The van der Waals surface area contributed by atoms with Gasteiger partial charge in [0, 0.05) is 17.3 Å². The van der Waals surface area contributed by atoms with E-state index in [1.165, 1.54) is 30.1 Å². The second kappa shape index (κ2) is 4.29. The third-order valence-corrected chi connectivity index (χ3v) is 2.93. The molecule has 4 nitrogen and oxygen atoms in total. The molecule has 0 aliphatic rings. The molecule has 0 amide bonds. The minimum atomic E-state index is -0.615. The van der Waals surface area contributed by atoms with Crippen molar-refractivity contribution in [2.24, 2.45) is 5.73 Å². The first kappa shape index (κ1) is 9.95. The van der Waals surface area contributed by atoms with Gasteiger partial charge in [0.2, 0.25) is 0 Å². The molecule has 2 aromatic rings. The molecular formula is C10H9N3OS. The lowest BCUT2D eigenvalue weighted by Crippen LogP contribution is -2.20. The fourth-order valence-electron chi connectivity index (χ4n) is 1.20. The molecular weight excluding hydrogens is 210 g/mol. The van der Waals surface area contributed by atoms with Crippen LogP contribution in [-0.4, -0.2) is 15.8 Å². The molecule has 0 fully saturated rings. The SMILES string of the molecule is NC(C(=O)c1cncnc1)c1cccs1. The zero-order chi connectivity index (χ0) is 10.7. The van der Waals surface area contributed by atoms with Gasteiger partial charge in [-0.1, -0.05) is 6.07 Å². The van der Waals surface area contributed by atoms with E-state index >= 15 is 0 Å². The van der Waals surface area contributed by atoms with Gasteiger partial charge in [-0.15, -0.1) is 11.3 Å². The van der Waals surface area contributed by atoms with Gasteiger partial charge in [0.05, 0.1) is 5.56 Å². The number of nitrogens with zero attached hydrogens (tertiary/aromatic N) is 2. The molecule has 15 heavy (non-hydrogen) atoms. The number of hydrogen-bond donors (Lipinski definition) is 1. The summed E-state index contributed by atoms with van der Waals surface area (Å²) >= 11 is 1.47. The monoisotopic (exact) mass is 219 g/mol. The van der Waals surface area contributed by atoms with Crippen LogP contribution in [0, 0.1) is 0 Å². The van der Waals surface area contributed by atoms with Crippen molar-refractivity contribution in [1.29, 1.82) is 0 Å². The van der Waals surface area contributed by atoms with Gasteiger partial charge < -0.3 is 5.73 Å². The van der Waals surface area contributed by atoms with E-state index < -0.39 is 6.04 Å². The van der Waals surface area contributed by atoms with Gasteiger partial charge in [0.15, 0.2) is 5.78 Å². The molecule has 0 saturated carbocycles. The van der Waals surface area contributed by atoms with E-state index in [4.69, 9.17) is 5.73 Å². The second-order valence-corrected chi connectivity index (χ2v) is 3.96. The molecule has 1 unspecified atom stereocenters. The highest BCUT2D eigenvalue weighted by molar-refractivity contribution is 7.10. The Labute approximate surface area is 90.8 Å². The van der Waals surface area contributed by atoms with E-state index in [9.17, 15) is 4.79 Å². The maximum Gasteiger partial charge on any atom is 0.187 e. The van der Waals surface area contributed by atoms with Gasteiger partial charge in [-0.05, 0) is 11.4 Å². The molecule has 0 bridgehead atoms. The molecule has 1 atom stereocenters. The van der Waals surface area contributed by atoms with E-state index in [1.807, 2.05) is 17.5 Å². The lowest BCUT2D eigenvalue weighted by atomic mass is 10.1. The Morgan fingerprint density at radius 3 is 2.73 bits per heavy atom. The molecule has 0 aromatic carbocycles. The van der Waals surface area contributed by atoms with Gasteiger partial charge in [-0.2, -0.15) is 0 Å². The third-order valence-electron chi connectivity index (χ3n) is 1.98. The first-order valence-electron chi connectivity index (χ1n) is 4.37. The smallest absolute Gasteiger partial charge is 0.187 e. The highest BCUT2D eigenvalue weighted by Crippen LogP contribution is 2.19. The molecule has 2 heterocycles. The van der Waals surface area contributed by atoms with Crippen LogP contribution in [0.3, 0.4) is 0 Å². The lowest BCUT2D eigenvalue weighted by molar-refractivity contribution is 0.0962. The van der Waals surface area contributed by atoms with Crippen LogP contribution in [0.4, 0.5) is 0 Å². The van der Waals surface area contributed by atoms with E-state index in [0.29, 0.717) is 5.56 Å². The lowest BCUT2D eigenvalue weighted by Gasteiger charge is -2.07.